The molecule has 3 aromatic heterocycles. The molecular weight excluding hydrogens is 350 g/mol. The van der Waals surface area contributed by atoms with E-state index < -0.39 is 0 Å². The molecule has 1 unspecified atom stereocenters. The zero-order valence-electron chi connectivity index (χ0n) is 15.2. The molecule has 1 aromatic carbocycles. The van der Waals surface area contributed by atoms with Crippen LogP contribution in [0.2, 0.25) is 0 Å². The van der Waals surface area contributed by atoms with Crippen LogP contribution in [0.1, 0.15) is 34.8 Å². The summed E-state index contributed by atoms with van der Waals surface area (Å²) in [6.07, 6.45) is 10.8. The Morgan fingerprint density at radius 3 is 2.79 bits per heavy atom. The Hall–Kier alpha value is -3.54. The number of aromatic amines is 1. The van der Waals surface area contributed by atoms with Gasteiger partial charge in [-0.05, 0) is 42.2 Å². The normalized spacial score (nSPS) is 16.6. The number of H-pyrrole nitrogens is 1. The lowest BCUT2D eigenvalue weighted by atomic mass is 10.0. The van der Waals surface area contributed by atoms with Crippen LogP contribution in [0.4, 0.5) is 0 Å². The van der Waals surface area contributed by atoms with E-state index in [9.17, 15) is 4.79 Å². The van der Waals surface area contributed by atoms with Crippen LogP contribution in [-0.2, 0) is 0 Å². The molecule has 0 spiro atoms. The molecule has 4 aromatic rings. The van der Waals surface area contributed by atoms with Gasteiger partial charge in [0, 0.05) is 36.3 Å². The molecule has 1 aliphatic heterocycles. The van der Waals surface area contributed by atoms with E-state index in [-0.39, 0.29) is 11.9 Å². The molecule has 0 radical (unpaired) electrons. The van der Waals surface area contributed by atoms with Gasteiger partial charge < -0.3 is 9.88 Å². The van der Waals surface area contributed by atoms with Crippen LogP contribution in [0.15, 0.2) is 67.5 Å². The van der Waals surface area contributed by atoms with Crippen molar-refractivity contribution in [2.75, 3.05) is 6.54 Å². The lowest BCUT2D eigenvalue weighted by molar-refractivity contribution is 0.0735. The van der Waals surface area contributed by atoms with Crippen molar-refractivity contribution in [2.24, 2.45) is 0 Å². The van der Waals surface area contributed by atoms with Gasteiger partial charge in [0.2, 0.25) is 0 Å². The average molecular weight is 369 g/mol. The number of hydrogen-bond acceptors (Lipinski definition) is 4. The van der Waals surface area contributed by atoms with E-state index in [1.165, 1.54) is 0 Å². The second-order valence-corrected chi connectivity index (χ2v) is 7.01. The first-order valence-electron chi connectivity index (χ1n) is 9.40. The maximum Gasteiger partial charge on any atom is 0.254 e. The number of amides is 1. The molecule has 4 heterocycles. The maximum atomic E-state index is 13.1. The molecule has 5 rings (SSSR count). The van der Waals surface area contributed by atoms with Crippen molar-refractivity contribution in [3.05, 3.63) is 78.6 Å². The number of imidazole rings is 1. The number of pyridine rings is 2. The molecular formula is C22H19N5O. The molecule has 0 bridgehead atoms. The van der Waals surface area contributed by atoms with Crippen molar-refractivity contribution < 1.29 is 4.79 Å². The first kappa shape index (κ1) is 16.6. The van der Waals surface area contributed by atoms with E-state index in [0.717, 1.165) is 47.1 Å². The highest BCUT2D eigenvalue weighted by molar-refractivity contribution is 5.96. The first-order valence-corrected chi connectivity index (χ1v) is 9.40. The van der Waals surface area contributed by atoms with Gasteiger partial charge in [-0.1, -0.05) is 18.2 Å². The van der Waals surface area contributed by atoms with Crippen molar-refractivity contribution in [3.63, 3.8) is 0 Å². The van der Waals surface area contributed by atoms with Gasteiger partial charge in [0.15, 0.2) is 0 Å². The van der Waals surface area contributed by atoms with Gasteiger partial charge >= 0.3 is 0 Å². The van der Waals surface area contributed by atoms with Crippen LogP contribution >= 0.6 is 0 Å². The summed E-state index contributed by atoms with van der Waals surface area (Å²) in [6, 6.07) is 11.8. The molecule has 138 valence electrons. The highest BCUT2D eigenvalue weighted by atomic mass is 16.2. The molecule has 28 heavy (non-hydrogen) atoms. The fourth-order valence-electron chi connectivity index (χ4n) is 3.96. The topological polar surface area (TPSA) is 74.8 Å². The molecule has 6 heteroatoms. The Kier molecular flexibility index (Phi) is 4.09. The van der Waals surface area contributed by atoms with Gasteiger partial charge in [-0.2, -0.15) is 0 Å². The van der Waals surface area contributed by atoms with Crippen molar-refractivity contribution in [2.45, 2.75) is 18.9 Å². The third-order valence-corrected chi connectivity index (χ3v) is 5.36. The Balaban J connectivity index is 1.43. The van der Waals surface area contributed by atoms with Crippen molar-refractivity contribution >= 4 is 16.9 Å². The van der Waals surface area contributed by atoms with Crippen LogP contribution in [0.5, 0.6) is 0 Å². The van der Waals surface area contributed by atoms with Gasteiger partial charge in [0.1, 0.15) is 0 Å². The van der Waals surface area contributed by atoms with Crippen LogP contribution in [0, 0.1) is 0 Å². The molecule has 1 fully saturated rings. The van der Waals surface area contributed by atoms with E-state index in [4.69, 9.17) is 0 Å². The Morgan fingerprint density at radius 1 is 1.07 bits per heavy atom. The third kappa shape index (κ3) is 2.83. The van der Waals surface area contributed by atoms with Gasteiger partial charge in [-0.25, -0.2) is 4.98 Å². The molecule has 6 nitrogen and oxygen atoms in total. The van der Waals surface area contributed by atoms with Crippen LogP contribution in [0.25, 0.3) is 22.2 Å². The number of nitrogens with one attached hydrogen (secondary N) is 1. The molecule has 0 aliphatic carbocycles. The highest BCUT2D eigenvalue weighted by Gasteiger charge is 2.30. The number of nitrogens with zero attached hydrogens (tertiary/aromatic N) is 4. The van der Waals surface area contributed by atoms with Gasteiger partial charge in [-0.3, -0.25) is 14.8 Å². The zero-order chi connectivity index (χ0) is 18.9. The molecule has 1 saturated heterocycles. The average Bonchev–Trinajstić information content (AvgIpc) is 3.43. The van der Waals surface area contributed by atoms with E-state index in [0.29, 0.717) is 5.56 Å². The zero-order valence-corrected chi connectivity index (χ0v) is 15.2. The quantitative estimate of drug-likeness (QED) is 0.592. The van der Waals surface area contributed by atoms with Crippen molar-refractivity contribution in [1.29, 1.82) is 0 Å². The minimum Gasteiger partial charge on any atom is -0.343 e. The monoisotopic (exact) mass is 369 g/mol. The summed E-state index contributed by atoms with van der Waals surface area (Å²) in [7, 11) is 0. The lowest BCUT2D eigenvalue weighted by Gasteiger charge is -2.25. The number of carbonyl (C=O) groups is 1. The summed E-state index contributed by atoms with van der Waals surface area (Å²) in [5, 5.41) is 0. The van der Waals surface area contributed by atoms with Gasteiger partial charge in [-0.15, -0.1) is 0 Å². The molecule has 1 atom stereocenters. The van der Waals surface area contributed by atoms with Crippen molar-refractivity contribution in [1.82, 2.24) is 24.8 Å². The minimum atomic E-state index is 0.0639. The van der Waals surface area contributed by atoms with Crippen molar-refractivity contribution in [3.8, 4) is 11.1 Å². The Bertz CT molecular complexity index is 1120. The van der Waals surface area contributed by atoms with Gasteiger partial charge in [0.05, 0.1) is 29.6 Å². The second-order valence-electron chi connectivity index (χ2n) is 7.01. The van der Waals surface area contributed by atoms with E-state index in [1.54, 1.807) is 24.9 Å². The smallest absolute Gasteiger partial charge is 0.254 e. The highest BCUT2D eigenvalue weighted by Crippen LogP contribution is 2.33. The number of fused-ring (bicyclic) bond motifs is 1. The first-order chi connectivity index (χ1) is 13.8. The summed E-state index contributed by atoms with van der Waals surface area (Å²) in [5.41, 5.74) is 5.52. The summed E-state index contributed by atoms with van der Waals surface area (Å²) >= 11 is 0. The molecule has 1 amide bonds. The lowest BCUT2D eigenvalue weighted by Crippen LogP contribution is -2.30. The van der Waals surface area contributed by atoms with E-state index in [2.05, 4.69) is 19.9 Å². The summed E-state index contributed by atoms with van der Waals surface area (Å²) in [6.45, 7) is 0.774. The SMILES string of the molecule is O=C(c1ccc(-c2cncc3[nH]cnc23)cc1)N1CCCC1c1cccnc1. The predicted octanol–water partition coefficient (Wildman–Crippen LogP) is 4.00. The predicted molar refractivity (Wildman–Crippen MR) is 107 cm³/mol. The maximum absolute atomic E-state index is 13.1. The van der Waals surface area contributed by atoms with Crippen LogP contribution in [-0.4, -0.2) is 37.3 Å². The van der Waals surface area contributed by atoms with Gasteiger partial charge in [0.25, 0.3) is 5.91 Å². The third-order valence-electron chi connectivity index (χ3n) is 5.36. The largest absolute Gasteiger partial charge is 0.343 e. The summed E-state index contributed by atoms with van der Waals surface area (Å²) in [4.78, 5) is 31.0. The number of rotatable bonds is 3. The number of aromatic nitrogens is 4. The molecule has 1 N–H and O–H groups in total. The standard InChI is InChI=1S/C22H19N5O/c28-22(27-10-2-4-20(27)17-3-1-9-23-11-17)16-7-5-15(6-8-16)18-12-24-13-19-21(18)26-14-25-19/h1,3,5-9,11-14,20H,2,4,10H2,(H,25,26). The fraction of sp³-hybridized carbons (Fsp3) is 0.182. The number of hydrogen-bond donors (Lipinski definition) is 1. The fourth-order valence-corrected chi connectivity index (χ4v) is 3.96. The molecule has 0 saturated carbocycles. The van der Waals surface area contributed by atoms with E-state index in [1.807, 2.05) is 47.5 Å². The van der Waals surface area contributed by atoms with Crippen LogP contribution < -0.4 is 0 Å². The number of benzene rings is 1. The minimum absolute atomic E-state index is 0.0639. The summed E-state index contributed by atoms with van der Waals surface area (Å²) < 4.78 is 0. The van der Waals surface area contributed by atoms with Crippen LogP contribution in [0.3, 0.4) is 0 Å². The number of likely N-dealkylation sites (tertiary alicyclic amines) is 1. The number of carbonyl (C=O) groups excluding carboxylic acids is 1. The second kappa shape index (κ2) is 6.88. The molecule has 1 aliphatic rings. The Labute approximate surface area is 162 Å². The Morgan fingerprint density at radius 2 is 1.96 bits per heavy atom. The van der Waals surface area contributed by atoms with E-state index >= 15 is 0 Å². The summed E-state index contributed by atoms with van der Waals surface area (Å²) in [5.74, 6) is 0.0639.